The van der Waals surface area contributed by atoms with E-state index in [4.69, 9.17) is 0 Å². The molecule has 4 nitrogen and oxygen atoms in total. The van der Waals surface area contributed by atoms with Crippen molar-refractivity contribution in [1.82, 2.24) is 0 Å². The van der Waals surface area contributed by atoms with Crippen molar-refractivity contribution < 1.29 is 27.1 Å². The molecule has 0 saturated heterocycles. The van der Waals surface area contributed by atoms with Gasteiger partial charge in [0.05, 0.1) is 28.1 Å². The van der Waals surface area contributed by atoms with E-state index in [1.807, 2.05) is 0 Å². The van der Waals surface area contributed by atoms with Crippen molar-refractivity contribution in [3.63, 3.8) is 0 Å². The fraction of sp³-hybridized carbons (Fsp3) is 0.263. The Morgan fingerprint density at radius 1 is 1.14 bits per heavy atom. The Bertz CT molecular complexity index is 1050. The Kier molecular flexibility index (Phi) is 4.52. The standard InChI is InChI=1S/C19H12F5N3O/c1-18(28)4-5-27(17-10(8-25)6-11(20)7-14(17)18)15-3-2-13(19(22,23)24)16(21)12(15)9-26/h2-3,6-7,28H,4-5H2,1H3. The normalized spacial score (nSPS) is 19.0. The molecule has 0 saturated carbocycles. The topological polar surface area (TPSA) is 71.0 Å². The van der Waals surface area contributed by atoms with E-state index in [1.54, 1.807) is 6.07 Å². The third-order valence-corrected chi connectivity index (χ3v) is 4.70. The zero-order chi connectivity index (χ0) is 20.9. The maximum absolute atomic E-state index is 14.4. The summed E-state index contributed by atoms with van der Waals surface area (Å²) in [6.07, 6.45) is -4.97. The van der Waals surface area contributed by atoms with Gasteiger partial charge in [-0.3, -0.25) is 0 Å². The van der Waals surface area contributed by atoms with Crippen molar-refractivity contribution in [2.45, 2.75) is 25.1 Å². The summed E-state index contributed by atoms with van der Waals surface area (Å²) < 4.78 is 67.2. The van der Waals surface area contributed by atoms with E-state index in [2.05, 4.69) is 0 Å². The second kappa shape index (κ2) is 6.47. The van der Waals surface area contributed by atoms with Crippen LogP contribution in [0.2, 0.25) is 0 Å². The molecular formula is C19H12F5N3O. The Morgan fingerprint density at radius 2 is 1.82 bits per heavy atom. The van der Waals surface area contributed by atoms with Crippen LogP contribution in [0.25, 0.3) is 0 Å². The van der Waals surface area contributed by atoms with Gasteiger partial charge in [-0.05, 0) is 37.6 Å². The van der Waals surface area contributed by atoms with Crippen molar-refractivity contribution in [1.29, 1.82) is 10.5 Å². The average Bonchev–Trinajstić information content (AvgIpc) is 2.60. The monoisotopic (exact) mass is 393 g/mol. The maximum Gasteiger partial charge on any atom is 0.419 e. The van der Waals surface area contributed by atoms with Crippen LogP contribution in [-0.4, -0.2) is 11.7 Å². The number of hydrogen-bond acceptors (Lipinski definition) is 4. The third-order valence-electron chi connectivity index (χ3n) is 4.70. The van der Waals surface area contributed by atoms with Gasteiger partial charge in [0.2, 0.25) is 0 Å². The number of halogens is 5. The number of rotatable bonds is 1. The van der Waals surface area contributed by atoms with Crippen molar-refractivity contribution in [2.24, 2.45) is 0 Å². The number of fused-ring (bicyclic) bond motifs is 1. The van der Waals surface area contributed by atoms with Gasteiger partial charge in [-0.25, -0.2) is 8.78 Å². The minimum atomic E-state index is -4.99. The third kappa shape index (κ3) is 3.04. The minimum absolute atomic E-state index is 0.0157. The fourth-order valence-electron chi connectivity index (χ4n) is 3.32. The molecule has 1 aliphatic heterocycles. The van der Waals surface area contributed by atoms with Crippen LogP contribution in [0.4, 0.5) is 33.3 Å². The lowest BCUT2D eigenvalue weighted by atomic mass is 9.84. The van der Waals surface area contributed by atoms with E-state index in [0.717, 1.165) is 18.2 Å². The first-order valence-electron chi connectivity index (χ1n) is 8.05. The van der Waals surface area contributed by atoms with E-state index in [9.17, 15) is 37.6 Å². The summed E-state index contributed by atoms with van der Waals surface area (Å²) >= 11 is 0. The number of aliphatic hydroxyl groups is 1. The first-order chi connectivity index (χ1) is 13.0. The first-order valence-corrected chi connectivity index (χ1v) is 8.05. The van der Waals surface area contributed by atoms with Crippen molar-refractivity contribution in [3.05, 3.63) is 58.2 Å². The van der Waals surface area contributed by atoms with Gasteiger partial charge >= 0.3 is 6.18 Å². The summed E-state index contributed by atoms with van der Waals surface area (Å²) in [6.45, 7) is 1.38. The van der Waals surface area contributed by atoms with Crippen molar-refractivity contribution in [3.8, 4) is 12.1 Å². The van der Waals surface area contributed by atoms with Gasteiger partial charge in [0.15, 0.2) is 5.82 Å². The van der Waals surface area contributed by atoms with Gasteiger partial charge in [-0.15, -0.1) is 0 Å². The number of benzene rings is 2. The highest BCUT2D eigenvalue weighted by Gasteiger charge is 2.39. The predicted octanol–water partition coefficient (Wildman–Crippen LogP) is 4.48. The lowest BCUT2D eigenvalue weighted by Gasteiger charge is -2.40. The Hall–Kier alpha value is -3.17. The fourth-order valence-corrected chi connectivity index (χ4v) is 3.32. The number of anilines is 2. The number of nitriles is 2. The van der Waals surface area contributed by atoms with Gasteiger partial charge in [-0.2, -0.15) is 23.7 Å². The van der Waals surface area contributed by atoms with Crippen LogP contribution in [0.15, 0.2) is 24.3 Å². The van der Waals surface area contributed by atoms with E-state index >= 15 is 0 Å². The first kappa shape index (κ1) is 19.6. The molecule has 2 aromatic rings. The molecule has 2 aromatic carbocycles. The van der Waals surface area contributed by atoms with Gasteiger partial charge < -0.3 is 10.0 Å². The molecule has 1 atom stereocenters. The Morgan fingerprint density at radius 3 is 2.39 bits per heavy atom. The predicted molar refractivity (Wildman–Crippen MR) is 88.4 cm³/mol. The molecule has 0 bridgehead atoms. The zero-order valence-corrected chi connectivity index (χ0v) is 14.4. The van der Waals surface area contributed by atoms with Crippen LogP contribution in [0.5, 0.6) is 0 Å². The molecule has 3 rings (SSSR count). The molecule has 0 aliphatic carbocycles. The quantitative estimate of drug-likeness (QED) is 0.726. The van der Waals surface area contributed by atoms with Gasteiger partial charge in [-0.1, -0.05) is 0 Å². The van der Waals surface area contributed by atoms with Crippen LogP contribution in [0.3, 0.4) is 0 Å². The highest BCUT2D eigenvalue weighted by atomic mass is 19.4. The van der Waals surface area contributed by atoms with Crippen LogP contribution >= 0.6 is 0 Å². The van der Waals surface area contributed by atoms with Crippen LogP contribution < -0.4 is 4.90 Å². The summed E-state index contributed by atoms with van der Waals surface area (Å²) in [5.74, 6) is -2.51. The van der Waals surface area contributed by atoms with Crippen molar-refractivity contribution >= 4 is 11.4 Å². The van der Waals surface area contributed by atoms with E-state index in [-0.39, 0.29) is 35.5 Å². The summed E-state index contributed by atoms with van der Waals surface area (Å²) in [5.41, 5.74) is -4.30. The largest absolute Gasteiger partial charge is 0.419 e. The minimum Gasteiger partial charge on any atom is -0.385 e. The number of alkyl halides is 3. The molecule has 0 spiro atoms. The van der Waals surface area contributed by atoms with Crippen LogP contribution in [0.1, 0.15) is 35.6 Å². The smallest absolute Gasteiger partial charge is 0.385 e. The van der Waals surface area contributed by atoms with E-state index in [1.165, 1.54) is 17.9 Å². The molecule has 0 radical (unpaired) electrons. The molecule has 0 fully saturated rings. The van der Waals surface area contributed by atoms with Gasteiger partial charge in [0, 0.05) is 12.1 Å². The molecular weight excluding hydrogens is 381 g/mol. The molecule has 144 valence electrons. The molecule has 0 aromatic heterocycles. The summed E-state index contributed by atoms with van der Waals surface area (Å²) in [7, 11) is 0. The molecule has 0 amide bonds. The molecule has 1 aliphatic rings. The lowest BCUT2D eigenvalue weighted by molar-refractivity contribution is -0.140. The summed E-state index contributed by atoms with van der Waals surface area (Å²) in [5, 5.41) is 29.2. The van der Waals surface area contributed by atoms with E-state index < -0.39 is 34.5 Å². The zero-order valence-electron chi connectivity index (χ0n) is 14.4. The summed E-state index contributed by atoms with van der Waals surface area (Å²) in [6, 6.07) is 6.56. The SMILES string of the molecule is CC1(O)CCN(c2ccc(C(F)(F)F)c(F)c2C#N)c2c(C#N)cc(F)cc21. The average molecular weight is 393 g/mol. The number of hydrogen-bond donors (Lipinski definition) is 1. The highest BCUT2D eigenvalue weighted by molar-refractivity contribution is 5.78. The lowest BCUT2D eigenvalue weighted by Crippen LogP contribution is -2.37. The van der Waals surface area contributed by atoms with Crippen LogP contribution in [0, 0.1) is 34.3 Å². The van der Waals surface area contributed by atoms with Crippen LogP contribution in [-0.2, 0) is 11.8 Å². The molecule has 1 unspecified atom stereocenters. The molecule has 9 heteroatoms. The molecule has 28 heavy (non-hydrogen) atoms. The maximum atomic E-state index is 14.4. The molecule has 1 N–H and O–H groups in total. The Labute approximate surface area is 156 Å². The van der Waals surface area contributed by atoms with Gasteiger partial charge in [0.1, 0.15) is 23.5 Å². The van der Waals surface area contributed by atoms with Crippen molar-refractivity contribution in [2.75, 3.05) is 11.4 Å². The summed E-state index contributed by atoms with van der Waals surface area (Å²) in [4.78, 5) is 1.26. The van der Waals surface area contributed by atoms with Gasteiger partial charge in [0.25, 0.3) is 0 Å². The Balaban J connectivity index is 2.30. The highest BCUT2D eigenvalue weighted by Crippen LogP contribution is 2.46. The van der Waals surface area contributed by atoms with E-state index in [0.29, 0.717) is 6.07 Å². The molecule has 1 heterocycles. The number of nitrogens with zero attached hydrogens (tertiary/aromatic N) is 3. The second-order valence-electron chi connectivity index (χ2n) is 6.57. The second-order valence-corrected chi connectivity index (χ2v) is 6.57.